The summed E-state index contributed by atoms with van der Waals surface area (Å²) in [5.41, 5.74) is 6.54. The summed E-state index contributed by atoms with van der Waals surface area (Å²) in [6, 6.07) is 8.40. The molecule has 8 heteroatoms. The highest BCUT2D eigenvalue weighted by atomic mass is 35.5. The summed E-state index contributed by atoms with van der Waals surface area (Å²) in [6.45, 7) is 4.86. The van der Waals surface area contributed by atoms with Crippen molar-refractivity contribution in [2.75, 3.05) is 31.1 Å². The van der Waals surface area contributed by atoms with Gasteiger partial charge in [-0.2, -0.15) is 0 Å². The molecular weight excluding hydrogens is 419 g/mol. The number of rotatable bonds is 4. The zero-order valence-electron chi connectivity index (χ0n) is 17.4. The van der Waals surface area contributed by atoms with E-state index in [1.807, 2.05) is 11.0 Å². The summed E-state index contributed by atoms with van der Waals surface area (Å²) in [6.07, 6.45) is 2.99. The lowest BCUT2D eigenvalue weighted by atomic mass is 9.90. The lowest BCUT2D eigenvalue weighted by Crippen LogP contribution is -2.42. The average Bonchev–Trinajstić information content (AvgIpc) is 3.17. The van der Waals surface area contributed by atoms with Crippen LogP contribution in [0.2, 0.25) is 5.02 Å². The number of hydrogen-bond donors (Lipinski definition) is 1. The first kappa shape index (κ1) is 21.6. The minimum absolute atomic E-state index is 0.0194. The summed E-state index contributed by atoms with van der Waals surface area (Å²) in [5, 5.41) is 0.118. The SMILES string of the molecule is C[C@@H]1CN(C(=O)C2CCN(c3ccc(C(N)=O)cn3)CC2)C[C@H]1c1ccc(Cl)c(F)c1. The van der Waals surface area contributed by atoms with E-state index in [0.717, 1.165) is 37.3 Å². The minimum atomic E-state index is -0.497. The van der Waals surface area contributed by atoms with Crippen molar-refractivity contribution in [3.8, 4) is 0 Å². The molecule has 2 saturated heterocycles. The number of aromatic nitrogens is 1. The van der Waals surface area contributed by atoms with Crippen molar-refractivity contribution in [2.24, 2.45) is 17.6 Å². The fourth-order valence-electron chi connectivity index (χ4n) is 4.66. The van der Waals surface area contributed by atoms with Crippen LogP contribution in [0, 0.1) is 17.7 Å². The quantitative estimate of drug-likeness (QED) is 0.783. The first-order valence-electron chi connectivity index (χ1n) is 10.6. The fourth-order valence-corrected chi connectivity index (χ4v) is 4.77. The van der Waals surface area contributed by atoms with Gasteiger partial charge in [0.25, 0.3) is 0 Å². The summed E-state index contributed by atoms with van der Waals surface area (Å²) in [4.78, 5) is 32.7. The molecule has 31 heavy (non-hydrogen) atoms. The Bertz CT molecular complexity index is 976. The molecule has 2 fully saturated rings. The maximum absolute atomic E-state index is 13.9. The molecule has 0 aliphatic carbocycles. The molecule has 0 saturated carbocycles. The van der Waals surface area contributed by atoms with Crippen LogP contribution in [0.5, 0.6) is 0 Å². The van der Waals surface area contributed by atoms with Gasteiger partial charge < -0.3 is 15.5 Å². The monoisotopic (exact) mass is 444 g/mol. The second kappa shape index (κ2) is 8.83. The van der Waals surface area contributed by atoms with Crippen molar-refractivity contribution in [2.45, 2.75) is 25.7 Å². The van der Waals surface area contributed by atoms with Gasteiger partial charge >= 0.3 is 0 Å². The first-order chi connectivity index (χ1) is 14.8. The third kappa shape index (κ3) is 4.51. The van der Waals surface area contributed by atoms with E-state index in [4.69, 9.17) is 17.3 Å². The van der Waals surface area contributed by atoms with Gasteiger partial charge in [-0.1, -0.05) is 24.6 Å². The standard InChI is InChI=1S/C23H26ClFN4O2/c1-14-12-29(13-18(14)16-2-4-19(24)20(25)10-16)23(31)15-6-8-28(9-7-15)21-5-3-17(11-27-21)22(26)30/h2-5,10-11,14-15,18H,6-9,12-13H2,1H3,(H2,26,30)/t14-,18-/m1/s1. The zero-order valence-corrected chi connectivity index (χ0v) is 18.2. The van der Waals surface area contributed by atoms with Gasteiger partial charge in [-0.3, -0.25) is 9.59 Å². The maximum Gasteiger partial charge on any atom is 0.250 e. The maximum atomic E-state index is 13.9. The van der Waals surface area contributed by atoms with E-state index < -0.39 is 11.7 Å². The van der Waals surface area contributed by atoms with Gasteiger partial charge in [0.15, 0.2) is 0 Å². The number of likely N-dealkylation sites (tertiary alicyclic amines) is 1. The van der Waals surface area contributed by atoms with Crippen LogP contribution in [0.4, 0.5) is 10.2 Å². The normalized spacial score (nSPS) is 22.0. The molecule has 2 aliphatic heterocycles. The van der Waals surface area contributed by atoms with Gasteiger partial charge in [0, 0.05) is 44.2 Å². The van der Waals surface area contributed by atoms with Crippen LogP contribution in [0.3, 0.4) is 0 Å². The predicted molar refractivity (Wildman–Crippen MR) is 118 cm³/mol. The number of benzene rings is 1. The molecule has 2 atom stereocenters. The molecule has 0 bridgehead atoms. The van der Waals surface area contributed by atoms with E-state index >= 15 is 0 Å². The van der Waals surface area contributed by atoms with Crippen LogP contribution in [0.25, 0.3) is 0 Å². The molecule has 4 rings (SSSR count). The Hall–Kier alpha value is -2.67. The number of carbonyl (C=O) groups is 2. The molecule has 1 aromatic carbocycles. The van der Waals surface area contributed by atoms with Crippen LogP contribution < -0.4 is 10.6 Å². The smallest absolute Gasteiger partial charge is 0.250 e. The van der Waals surface area contributed by atoms with E-state index in [0.29, 0.717) is 18.7 Å². The number of nitrogens with two attached hydrogens (primary N) is 1. The Morgan fingerprint density at radius 3 is 2.52 bits per heavy atom. The van der Waals surface area contributed by atoms with Crippen LogP contribution in [0.15, 0.2) is 36.5 Å². The Kier molecular flexibility index (Phi) is 6.14. The predicted octanol–water partition coefficient (Wildman–Crippen LogP) is 3.45. The Morgan fingerprint density at radius 1 is 1.16 bits per heavy atom. The molecule has 164 valence electrons. The number of primary amides is 1. The van der Waals surface area contributed by atoms with Gasteiger partial charge in [-0.05, 0) is 48.6 Å². The average molecular weight is 445 g/mol. The van der Waals surface area contributed by atoms with E-state index in [1.165, 1.54) is 12.3 Å². The second-order valence-corrected chi connectivity index (χ2v) is 8.94. The van der Waals surface area contributed by atoms with Crippen molar-refractivity contribution in [1.82, 2.24) is 9.88 Å². The summed E-state index contributed by atoms with van der Waals surface area (Å²) >= 11 is 5.81. The molecule has 6 nitrogen and oxygen atoms in total. The first-order valence-corrected chi connectivity index (χ1v) is 11.0. The fraction of sp³-hybridized carbons (Fsp3) is 0.435. The molecule has 2 aliphatic rings. The molecule has 0 spiro atoms. The van der Waals surface area contributed by atoms with Gasteiger partial charge in [-0.15, -0.1) is 0 Å². The Morgan fingerprint density at radius 2 is 1.90 bits per heavy atom. The Balaban J connectivity index is 1.35. The van der Waals surface area contributed by atoms with Crippen molar-refractivity contribution in [3.63, 3.8) is 0 Å². The van der Waals surface area contributed by atoms with Crippen LogP contribution >= 0.6 is 11.6 Å². The van der Waals surface area contributed by atoms with Gasteiger partial charge in [-0.25, -0.2) is 9.37 Å². The van der Waals surface area contributed by atoms with Crippen LogP contribution in [-0.4, -0.2) is 47.9 Å². The summed E-state index contributed by atoms with van der Waals surface area (Å²) in [5.74, 6) is 0.412. The number of piperidine rings is 1. The Labute approximate surface area is 186 Å². The van der Waals surface area contributed by atoms with Crippen LogP contribution in [0.1, 0.15) is 41.6 Å². The summed E-state index contributed by atoms with van der Waals surface area (Å²) < 4.78 is 13.9. The van der Waals surface area contributed by atoms with Crippen LogP contribution in [-0.2, 0) is 4.79 Å². The highest BCUT2D eigenvalue weighted by Gasteiger charge is 2.37. The van der Waals surface area contributed by atoms with E-state index in [9.17, 15) is 14.0 Å². The van der Waals surface area contributed by atoms with E-state index in [-0.39, 0.29) is 28.7 Å². The molecular formula is C23H26ClFN4O2. The number of pyridine rings is 1. The van der Waals surface area contributed by atoms with E-state index in [1.54, 1.807) is 18.2 Å². The minimum Gasteiger partial charge on any atom is -0.366 e. The number of carbonyl (C=O) groups excluding carboxylic acids is 2. The second-order valence-electron chi connectivity index (χ2n) is 8.53. The number of nitrogens with zero attached hydrogens (tertiary/aromatic N) is 3. The molecule has 2 aromatic rings. The molecule has 2 N–H and O–H groups in total. The number of amides is 2. The van der Waals surface area contributed by atoms with Gasteiger partial charge in [0.05, 0.1) is 10.6 Å². The molecule has 0 radical (unpaired) electrons. The lowest BCUT2D eigenvalue weighted by Gasteiger charge is -2.34. The molecule has 0 unspecified atom stereocenters. The number of anilines is 1. The van der Waals surface area contributed by atoms with E-state index in [2.05, 4.69) is 16.8 Å². The third-order valence-electron chi connectivity index (χ3n) is 6.50. The van der Waals surface area contributed by atoms with Gasteiger partial charge in [0.1, 0.15) is 11.6 Å². The zero-order chi connectivity index (χ0) is 22.1. The highest BCUT2D eigenvalue weighted by Crippen LogP contribution is 2.35. The van der Waals surface area contributed by atoms with Crippen molar-refractivity contribution in [1.29, 1.82) is 0 Å². The molecule has 1 aromatic heterocycles. The number of hydrogen-bond acceptors (Lipinski definition) is 4. The topological polar surface area (TPSA) is 79.5 Å². The lowest BCUT2D eigenvalue weighted by molar-refractivity contribution is -0.135. The molecule has 2 amide bonds. The summed E-state index contributed by atoms with van der Waals surface area (Å²) in [7, 11) is 0. The highest BCUT2D eigenvalue weighted by molar-refractivity contribution is 6.30. The van der Waals surface area contributed by atoms with Crippen molar-refractivity contribution >= 4 is 29.2 Å². The van der Waals surface area contributed by atoms with Crippen molar-refractivity contribution < 1.29 is 14.0 Å². The third-order valence-corrected chi connectivity index (χ3v) is 6.80. The molecule has 3 heterocycles. The van der Waals surface area contributed by atoms with Crippen molar-refractivity contribution in [3.05, 3.63) is 58.5 Å². The van der Waals surface area contributed by atoms with Gasteiger partial charge in [0.2, 0.25) is 11.8 Å². The largest absolute Gasteiger partial charge is 0.366 e. The number of halogens is 2.